The third kappa shape index (κ3) is 4.68. The standard InChI is InChI=1S/C28H38FN3O5S/c1-27(2)19-13-14-28(27,24(33)16-19)17-38(36,37)32-15-5-8-23(32)26(35)31-22-7-4-3-6-21(22)30-25(34)18-9-11-20(29)12-10-18/h9-12,19,21-23H,3-8,13-17H2,1-2H3,(H,30,34)(H,31,35)/t19?,21-,22?,23-,28-/m1/s1. The molecule has 0 aromatic heterocycles. The van der Waals surface area contributed by atoms with Crippen molar-refractivity contribution in [2.75, 3.05) is 12.3 Å². The van der Waals surface area contributed by atoms with Crippen LogP contribution in [0.3, 0.4) is 0 Å². The van der Waals surface area contributed by atoms with Crippen molar-refractivity contribution in [2.24, 2.45) is 16.7 Å². The Hall–Kier alpha value is -2.33. The summed E-state index contributed by atoms with van der Waals surface area (Å²) in [6.07, 6.45) is 6.06. The molecule has 10 heteroatoms. The van der Waals surface area contributed by atoms with Gasteiger partial charge in [-0.05, 0) is 74.1 Å². The van der Waals surface area contributed by atoms with Gasteiger partial charge in [0, 0.05) is 36.0 Å². The number of Topliss-reactive ketones (excluding diaryl/α,β-unsaturated/α-hetero) is 1. The molecule has 1 aromatic rings. The Labute approximate surface area is 224 Å². The van der Waals surface area contributed by atoms with E-state index in [2.05, 4.69) is 10.6 Å². The summed E-state index contributed by atoms with van der Waals surface area (Å²) >= 11 is 0. The van der Waals surface area contributed by atoms with Crippen molar-refractivity contribution >= 4 is 27.6 Å². The molecule has 38 heavy (non-hydrogen) atoms. The van der Waals surface area contributed by atoms with Crippen LogP contribution >= 0.6 is 0 Å². The number of ketones is 1. The van der Waals surface area contributed by atoms with E-state index in [4.69, 9.17) is 0 Å². The lowest BCUT2D eigenvalue weighted by atomic mass is 9.70. The summed E-state index contributed by atoms with van der Waals surface area (Å²) in [7, 11) is -3.85. The molecule has 3 aliphatic carbocycles. The van der Waals surface area contributed by atoms with Crippen molar-refractivity contribution in [3.63, 3.8) is 0 Å². The van der Waals surface area contributed by atoms with E-state index in [1.54, 1.807) is 0 Å². The van der Waals surface area contributed by atoms with Gasteiger partial charge in [0.05, 0.1) is 5.75 Å². The number of rotatable bonds is 7. The number of amides is 2. The molecule has 2 N–H and O–H groups in total. The molecule has 1 heterocycles. The Balaban J connectivity index is 1.27. The van der Waals surface area contributed by atoms with Crippen molar-refractivity contribution in [3.8, 4) is 0 Å². The summed E-state index contributed by atoms with van der Waals surface area (Å²) in [5, 5.41) is 6.02. The molecular weight excluding hydrogens is 509 g/mol. The highest BCUT2D eigenvalue weighted by atomic mass is 32.2. The summed E-state index contributed by atoms with van der Waals surface area (Å²) in [4.78, 5) is 39.2. The van der Waals surface area contributed by atoms with Crippen LogP contribution in [-0.4, -0.2) is 60.7 Å². The monoisotopic (exact) mass is 547 g/mol. The van der Waals surface area contributed by atoms with Gasteiger partial charge in [-0.1, -0.05) is 26.7 Å². The van der Waals surface area contributed by atoms with Crippen LogP contribution in [0.5, 0.6) is 0 Å². The van der Waals surface area contributed by atoms with Crippen LogP contribution in [0.25, 0.3) is 0 Å². The first kappa shape index (κ1) is 27.2. The Morgan fingerprint density at radius 1 is 1.00 bits per heavy atom. The average molecular weight is 548 g/mol. The topological polar surface area (TPSA) is 113 Å². The van der Waals surface area contributed by atoms with E-state index in [1.165, 1.54) is 28.6 Å². The molecular formula is C28H38FN3O5S. The Morgan fingerprint density at radius 3 is 2.26 bits per heavy atom. The van der Waals surface area contributed by atoms with Gasteiger partial charge in [0.2, 0.25) is 15.9 Å². The molecule has 3 saturated carbocycles. The van der Waals surface area contributed by atoms with Crippen molar-refractivity contribution in [2.45, 2.75) is 89.8 Å². The molecule has 2 bridgehead atoms. The van der Waals surface area contributed by atoms with Gasteiger partial charge in [-0.25, -0.2) is 12.8 Å². The average Bonchev–Trinajstić information content (AvgIpc) is 3.50. The zero-order valence-corrected chi connectivity index (χ0v) is 23.0. The fourth-order valence-corrected chi connectivity index (χ4v) is 9.91. The zero-order chi connectivity index (χ0) is 27.3. The van der Waals surface area contributed by atoms with Gasteiger partial charge in [0.25, 0.3) is 5.91 Å². The number of nitrogens with zero attached hydrogens (tertiary/aromatic N) is 1. The fourth-order valence-electron chi connectivity index (χ4n) is 7.45. The Bertz CT molecular complexity index is 1220. The van der Waals surface area contributed by atoms with Crippen LogP contribution in [-0.2, 0) is 19.6 Å². The number of hydrogen-bond donors (Lipinski definition) is 2. The molecule has 2 unspecified atom stereocenters. The first-order valence-electron chi connectivity index (χ1n) is 13.8. The lowest BCUT2D eigenvalue weighted by Gasteiger charge is -2.38. The van der Waals surface area contributed by atoms with Crippen molar-refractivity contribution < 1.29 is 27.2 Å². The van der Waals surface area contributed by atoms with Crippen LogP contribution in [0.4, 0.5) is 4.39 Å². The first-order chi connectivity index (χ1) is 17.9. The number of halogens is 1. The summed E-state index contributed by atoms with van der Waals surface area (Å²) in [5.41, 5.74) is -0.903. The second kappa shape index (κ2) is 10.0. The molecule has 208 valence electrons. The third-order valence-corrected chi connectivity index (χ3v) is 12.0. The highest BCUT2D eigenvalue weighted by molar-refractivity contribution is 7.89. The minimum absolute atomic E-state index is 0.0458. The number of benzene rings is 1. The maximum Gasteiger partial charge on any atom is 0.251 e. The minimum atomic E-state index is -3.85. The molecule has 2 amide bonds. The van der Waals surface area contributed by atoms with Crippen LogP contribution in [0.2, 0.25) is 0 Å². The van der Waals surface area contributed by atoms with Gasteiger partial charge in [0.15, 0.2) is 0 Å². The molecule has 0 radical (unpaired) electrons. The molecule has 1 saturated heterocycles. The minimum Gasteiger partial charge on any atom is -0.350 e. The van der Waals surface area contributed by atoms with Crippen LogP contribution in [0.1, 0.15) is 82.0 Å². The van der Waals surface area contributed by atoms with E-state index in [-0.39, 0.29) is 53.3 Å². The second-order valence-electron chi connectivity index (χ2n) is 12.2. The lowest BCUT2D eigenvalue weighted by Crippen LogP contribution is -2.57. The predicted molar refractivity (Wildman–Crippen MR) is 140 cm³/mol. The second-order valence-corrected chi connectivity index (χ2v) is 14.1. The quantitative estimate of drug-likeness (QED) is 0.545. The fraction of sp³-hybridized carbons (Fsp3) is 0.679. The number of carbonyl (C=O) groups excluding carboxylic acids is 3. The molecule has 5 atom stereocenters. The smallest absolute Gasteiger partial charge is 0.251 e. The lowest BCUT2D eigenvalue weighted by molar-refractivity contribution is -0.128. The van der Waals surface area contributed by atoms with E-state index in [0.717, 1.165) is 19.3 Å². The van der Waals surface area contributed by atoms with Gasteiger partial charge in [-0.2, -0.15) is 4.31 Å². The van der Waals surface area contributed by atoms with Crippen molar-refractivity contribution in [1.29, 1.82) is 0 Å². The third-order valence-electron chi connectivity index (χ3n) is 9.95. The first-order valence-corrected chi connectivity index (χ1v) is 15.5. The normalized spacial score (nSPS) is 32.9. The highest BCUT2D eigenvalue weighted by Gasteiger charge is 2.66. The number of sulfonamides is 1. The summed E-state index contributed by atoms with van der Waals surface area (Å²) in [6.45, 7) is 4.30. The predicted octanol–water partition coefficient (Wildman–Crippen LogP) is 3.17. The van der Waals surface area contributed by atoms with Gasteiger partial charge >= 0.3 is 0 Å². The molecule has 1 aromatic carbocycles. The summed E-state index contributed by atoms with van der Waals surface area (Å²) in [6, 6.07) is 3.86. The van der Waals surface area contributed by atoms with Gasteiger partial charge < -0.3 is 10.6 Å². The van der Waals surface area contributed by atoms with E-state index < -0.39 is 27.3 Å². The number of fused-ring (bicyclic) bond motifs is 2. The largest absolute Gasteiger partial charge is 0.350 e. The maximum atomic E-state index is 13.7. The summed E-state index contributed by atoms with van der Waals surface area (Å²) < 4.78 is 42.0. The van der Waals surface area contributed by atoms with Gasteiger partial charge in [0.1, 0.15) is 17.6 Å². The van der Waals surface area contributed by atoms with Crippen LogP contribution in [0.15, 0.2) is 24.3 Å². The van der Waals surface area contributed by atoms with Gasteiger partial charge in [-0.3, -0.25) is 14.4 Å². The Kier molecular flexibility index (Phi) is 7.18. The SMILES string of the molecule is CC1(C)C2CC[C@@]1(CS(=O)(=O)N1CCC[C@@H]1C(=O)NC1CCCC[C@H]1NC(=O)c1ccc(F)cc1)C(=O)C2. The molecule has 4 aliphatic rings. The van der Waals surface area contributed by atoms with E-state index in [0.29, 0.717) is 44.1 Å². The van der Waals surface area contributed by atoms with Crippen LogP contribution < -0.4 is 10.6 Å². The van der Waals surface area contributed by atoms with E-state index >= 15 is 0 Å². The van der Waals surface area contributed by atoms with Gasteiger partial charge in [-0.15, -0.1) is 0 Å². The van der Waals surface area contributed by atoms with Crippen molar-refractivity contribution in [1.82, 2.24) is 14.9 Å². The maximum absolute atomic E-state index is 13.7. The number of carbonyl (C=O) groups is 3. The molecule has 1 aliphatic heterocycles. The molecule has 8 nitrogen and oxygen atoms in total. The number of nitrogens with one attached hydrogen (secondary N) is 2. The molecule has 4 fully saturated rings. The molecule has 0 spiro atoms. The molecule has 5 rings (SSSR count). The van der Waals surface area contributed by atoms with Crippen molar-refractivity contribution in [3.05, 3.63) is 35.6 Å². The summed E-state index contributed by atoms with van der Waals surface area (Å²) in [5.74, 6) is -1.07. The Morgan fingerprint density at radius 2 is 1.66 bits per heavy atom. The highest BCUT2D eigenvalue weighted by Crippen LogP contribution is 2.64. The zero-order valence-electron chi connectivity index (χ0n) is 22.2. The van der Waals surface area contributed by atoms with E-state index in [1.807, 2.05) is 13.8 Å². The van der Waals surface area contributed by atoms with E-state index in [9.17, 15) is 27.2 Å². The van der Waals surface area contributed by atoms with Crippen LogP contribution in [0, 0.1) is 22.6 Å². The number of hydrogen-bond acceptors (Lipinski definition) is 5.